The molecule has 7 nitrogen and oxygen atoms in total. The van der Waals surface area contributed by atoms with Crippen LogP contribution in [-0.2, 0) is 20.9 Å². The first-order valence-electron chi connectivity index (χ1n) is 9.36. The summed E-state index contributed by atoms with van der Waals surface area (Å²) in [6, 6.07) is 16.6. The van der Waals surface area contributed by atoms with Crippen molar-refractivity contribution in [2.45, 2.75) is 18.9 Å². The Morgan fingerprint density at radius 3 is 2.47 bits per heavy atom. The number of para-hydroxylation sites is 2. The lowest BCUT2D eigenvalue weighted by molar-refractivity contribution is -0.141. The van der Waals surface area contributed by atoms with Gasteiger partial charge in [-0.25, -0.2) is 0 Å². The van der Waals surface area contributed by atoms with Crippen LogP contribution >= 0.6 is 11.3 Å². The van der Waals surface area contributed by atoms with Gasteiger partial charge in [0, 0.05) is 17.9 Å². The van der Waals surface area contributed by atoms with E-state index in [9.17, 15) is 14.4 Å². The molecule has 0 N–H and O–H groups in total. The number of aromatic nitrogens is 1. The topological polar surface area (TPSA) is 77.8 Å². The molecular weight excluding hydrogens is 404 g/mol. The van der Waals surface area contributed by atoms with Crippen molar-refractivity contribution in [2.75, 3.05) is 19.1 Å². The van der Waals surface area contributed by atoms with Crippen LogP contribution in [0.2, 0.25) is 0 Å². The molecule has 4 rings (SSSR count). The summed E-state index contributed by atoms with van der Waals surface area (Å²) >= 11 is 1.04. The van der Waals surface area contributed by atoms with E-state index < -0.39 is 5.97 Å². The van der Waals surface area contributed by atoms with E-state index in [-0.39, 0.29) is 29.7 Å². The van der Waals surface area contributed by atoms with E-state index in [1.54, 1.807) is 19.2 Å². The Kier molecular flexibility index (Phi) is 5.41. The van der Waals surface area contributed by atoms with Gasteiger partial charge in [-0.05, 0) is 18.2 Å². The first kappa shape index (κ1) is 19.9. The standard InChI is InChI=1S/C22H20N2O5S/c1-28-17-11-7-6-10-15(17)16-12-18(25)24(14-8-4-3-5-9-14)21-20(16)30-22(27)23(21)13-19(26)29-2/h3-11,16H,12-13H2,1-2H3. The monoisotopic (exact) mass is 424 g/mol. The summed E-state index contributed by atoms with van der Waals surface area (Å²) < 4.78 is 11.6. The Labute approximate surface area is 177 Å². The zero-order valence-electron chi connectivity index (χ0n) is 16.5. The summed E-state index contributed by atoms with van der Waals surface area (Å²) in [5.41, 5.74) is 1.47. The number of amides is 1. The van der Waals surface area contributed by atoms with Crippen LogP contribution in [0.25, 0.3) is 0 Å². The fourth-order valence-corrected chi connectivity index (χ4v) is 4.83. The lowest BCUT2D eigenvalue weighted by Crippen LogP contribution is -2.36. The predicted molar refractivity (Wildman–Crippen MR) is 114 cm³/mol. The van der Waals surface area contributed by atoms with Crippen molar-refractivity contribution in [3.8, 4) is 5.75 Å². The number of hydrogen-bond acceptors (Lipinski definition) is 6. The molecule has 1 aromatic heterocycles. The van der Waals surface area contributed by atoms with Gasteiger partial charge in [-0.1, -0.05) is 47.7 Å². The van der Waals surface area contributed by atoms with Crippen LogP contribution in [0.1, 0.15) is 22.8 Å². The molecule has 2 heterocycles. The van der Waals surface area contributed by atoms with E-state index in [0.717, 1.165) is 21.8 Å². The van der Waals surface area contributed by atoms with Crippen LogP contribution in [0.5, 0.6) is 5.75 Å². The largest absolute Gasteiger partial charge is 0.496 e. The molecule has 30 heavy (non-hydrogen) atoms. The third kappa shape index (κ3) is 3.39. The van der Waals surface area contributed by atoms with Crippen molar-refractivity contribution in [3.05, 3.63) is 74.7 Å². The smallest absolute Gasteiger partial charge is 0.325 e. The van der Waals surface area contributed by atoms with E-state index in [0.29, 0.717) is 17.3 Å². The molecule has 0 radical (unpaired) electrons. The Morgan fingerprint density at radius 1 is 1.07 bits per heavy atom. The maximum Gasteiger partial charge on any atom is 0.325 e. The highest BCUT2D eigenvalue weighted by atomic mass is 32.1. The molecule has 1 unspecified atom stereocenters. The molecule has 154 valence electrons. The Bertz CT molecular complexity index is 1150. The predicted octanol–water partition coefficient (Wildman–Crippen LogP) is 3.29. The van der Waals surface area contributed by atoms with Crippen LogP contribution in [0, 0.1) is 0 Å². The summed E-state index contributed by atoms with van der Waals surface area (Å²) in [5, 5.41) is 0. The van der Waals surface area contributed by atoms with E-state index in [2.05, 4.69) is 0 Å². The maximum absolute atomic E-state index is 13.3. The average Bonchev–Trinajstić information content (AvgIpc) is 3.09. The number of carbonyl (C=O) groups is 2. The highest BCUT2D eigenvalue weighted by Gasteiger charge is 2.39. The van der Waals surface area contributed by atoms with Crippen molar-refractivity contribution in [2.24, 2.45) is 0 Å². The van der Waals surface area contributed by atoms with Gasteiger partial charge in [0.15, 0.2) is 0 Å². The van der Waals surface area contributed by atoms with Gasteiger partial charge >= 0.3 is 10.8 Å². The Hall–Kier alpha value is -3.39. The van der Waals surface area contributed by atoms with Crippen molar-refractivity contribution in [3.63, 3.8) is 0 Å². The van der Waals surface area contributed by atoms with Crippen LogP contribution in [-0.4, -0.2) is 30.7 Å². The molecule has 0 saturated heterocycles. The molecule has 0 spiro atoms. The van der Waals surface area contributed by atoms with Crippen LogP contribution < -0.4 is 14.5 Å². The minimum atomic E-state index is -0.558. The normalized spacial score (nSPS) is 15.6. The van der Waals surface area contributed by atoms with Gasteiger partial charge in [0.25, 0.3) is 0 Å². The molecule has 0 fully saturated rings. The van der Waals surface area contributed by atoms with Crippen molar-refractivity contribution in [1.29, 1.82) is 0 Å². The lowest BCUT2D eigenvalue weighted by Gasteiger charge is -2.33. The summed E-state index contributed by atoms with van der Waals surface area (Å²) in [7, 11) is 2.84. The molecule has 1 amide bonds. The number of methoxy groups -OCH3 is 2. The summed E-state index contributed by atoms with van der Waals surface area (Å²) in [4.78, 5) is 40.1. The van der Waals surface area contributed by atoms with E-state index in [4.69, 9.17) is 9.47 Å². The molecule has 0 saturated carbocycles. The number of fused-ring (bicyclic) bond motifs is 1. The second-order valence-electron chi connectivity index (χ2n) is 6.78. The minimum absolute atomic E-state index is 0.166. The van der Waals surface area contributed by atoms with Gasteiger partial charge in [-0.3, -0.25) is 23.9 Å². The molecule has 8 heteroatoms. The third-order valence-electron chi connectivity index (χ3n) is 5.09. The summed E-state index contributed by atoms with van der Waals surface area (Å²) in [5.74, 6) is -0.0117. The molecule has 0 aliphatic carbocycles. The summed E-state index contributed by atoms with van der Waals surface area (Å²) in [6.45, 7) is -0.267. The molecule has 3 aromatic rings. The fourth-order valence-electron chi connectivity index (χ4n) is 3.73. The highest BCUT2D eigenvalue weighted by molar-refractivity contribution is 7.10. The first-order valence-corrected chi connectivity index (χ1v) is 10.2. The zero-order chi connectivity index (χ0) is 21.3. The van der Waals surface area contributed by atoms with Gasteiger partial charge < -0.3 is 9.47 Å². The van der Waals surface area contributed by atoms with Crippen molar-refractivity contribution in [1.82, 2.24) is 4.57 Å². The molecule has 1 aliphatic rings. The number of carbonyl (C=O) groups excluding carboxylic acids is 2. The third-order valence-corrected chi connectivity index (χ3v) is 6.18. The summed E-state index contributed by atoms with van der Waals surface area (Å²) in [6.07, 6.45) is 0.181. The molecular formula is C22H20N2O5S. The van der Waals surface area contributed by atoms with E-state index >= 15 is 0 Å². The molecule has 1 atom stereocenters. The quantitative estimate of drug-likeness (QED) is 0.588. The number of benzene rings is 2. The molecule has 2 aromatic carbocycles. The maximum atomic E-state index is 13.3. The minimum Gasteiger partial charge on any atom is -0.496 e. The van der Waals surface area contributed by atoms with Gasteiger partial charge in [0.05, 0.1) is 24.8 Å². The molecule has 1 aliphatic heterocycles. The number of thiazole rings is 1. The van der Waals surface area contributed by atoms with Crippen molar-refractivity contribution < 1.29 is 19.1 Å². The number of esters is 1. The number of hydrogen-bond donors (Lipinski definition) is 0. The Balaban J connectivity index is 1.94. The van der Waals surface area contributed by atoms with Crippen LogP contribution in [0.15, 0.2) is 59.4 Å². The second kappa shape index (κ2) is 8.16. The van der Waals surface area contributed by atoms with Gasteiger partial charge in [0.2, 0.25) is 5.91 Å². The number of nitrogens with zero attached hydrogens (tertiary/aromatic N) is 2. The van der Waals surface area contributed by atoms with Crippen LogP contribution in [0.4, 0.5) is 11.5 Å². The van der Waals surface area contributed by atoms with Crippen molar-refractivity contribution >= 4 is 34.7 Å². The fraction of sp³-hybridized carbons (Fsp3) is 0.227. The van der Waals surface area contributed by atoms with Crippen LogP contribution in [0.3, 0.4) is 0 Å². The molecule has 0 bridgehead atoms. The first-order chi connectivity index (χ1) is 14.5. The van der Waals surface area contributed by atoms with E-state index in [1.807, 2.05) is 42.5 Å². The van der Waals surface area contributed by atoms with Gasteiger partial charge in [-0.15, -0.1) is 0 Å². The van der Waals surface area contributed by atoms with E-state index in [1.165, 1.54) is 16.6 Å². The Morgan fingerprint density at radius 2 is 1.77 bits per heavy atom. The lowest BCUT2D eigenvalue weighted by atomic mass is 9.89. The number of anilines is 2. The highest BCUT2D eigenvalue weighted by Crippen LogP contribution is 2.46. The van der Waals surface area contributed by atoms with Gasteiger partial charge in [-0.2, -0.15) is 0 Å². The zero-order valence-corrected chi connectivity index (χ0v) is 17.3. The second-order valence-corrected chi connectivity index (χ2v) is 7.77. The number of rotatable bonds is 5. The SMILES string of the molecule is COC(=O)Cn1c2c(sc1=O)C(c1ccccc1OC)CC(=O)N2c1ccccc1. The average molecular weight is 424 g/mol. The van der Waals surface area contributed by atoms with Gasteiger partial charge in [0.1, 0.15) is 18.1 Å². The number of ether oxygens (including phenoxy) is 2.